The third-order valence-corrected chi connectivity index (χ3v) is 4.79. The lowest BCUT2D eigenvalue weighted by molar-refractivity contribution is -0.110. The lowest BCUT2D eigenvalue weighted by atomic mass is 10.2. The van der Waals surface area contributed by atoms with E-state index in [1.54, 1.807) is 45.4 Å². The highest BCUT2D eigenvalue weighted by Gasteiger charge is 2.15. The number of fused-ring (bicyclic) bond motifs is 3. The molecule has 9 nitrogen and oxygen atoms in total. The van der Waals surface area contributed by atoms with Crippen molar-refractivity contribution in [1.82, 2.24) is 19.2 Å². The zero-order chi connectivity index (χ0) is 21.1. The Bertz CT molecular complexity index is 1330. The number of para-hydroxylation sites is 2. The normalized spacial score (nSPS) is 11.4. The first kappa shape index (κ1) is 19.6. The molecule has 0 aliphatic rings. The molecule has 4 rings (SSSR count). The molecule has 2 aromatic carbocycles. The third-order valence-electron chi connectivity index (χ3n) is 4.46. The lowest BCUT2D eigenvalue weighted by Gasteiger charge is -2.09. The number of hydrogen-bond donors (Lipinski definition) is 1. The molecule has 4 aromatic rings. The van der Waals surface area contributed by atoms with Crippen LogP contribution in [-0.2, 0) is 22.8 Å². The van der Waals surface area contributed by atoms with E-state index in [9.17, 15) is 9.59 Å². The first-order valence-electron chi connectivity index (χ1n) is 9.16. The van der Waals surface area contributed by atoms with Crippen LogP contribution in [0.5, 0.6) is 0 Å². The molecule has 0 aliphatic heterocycles. The van der Waals surface area contributed by atoms with Gasteiger partial charge in [0.05, 0.1) is 21.6 Å². The number of hydrogen-bond acceptors (Lipinski definition) is 6. The van der Waals surface area contributed by atoms with E-state index in [4.69, 9.17) is 16.4 Å². The SMILES string of the molecule is CCn1c(=O)c2ccccc2n2c(CO/N=C/C(=O)Nc3ccccc3Cl)nnc12. The number of carbonyl (C=O) groups is 1. The number of amides is 1. The largest absolute Gasteiger partial charge is 0.387 e. The van der Waals surface area contributed by atoms with Crippen LogP contribution in [0.25, 0.3) is 16.7 Å². The summed E-state index contributed by atoms with van der Waals surface area (Å²) in [5, 5.41) is 15.5. The van der Waals surface area contributed by atoms with Crippen molar-refractivity contribution in [2.75, 3.05) is 5.32 Å². The number of nitrogens with zero attached hydrogens (tertiary/aromatic N) is 5. The molecule has 0 unspecified atom stereocenters. The van der Waals surface area contributed by atoms with Gasteiger partial charge in [-0.05, 0) is 31.2 Å². The molecule has 1 N–H and O–H groups in total. The van der Waals surface area contributed by atoms with Crippen LogP contribution < -0.4 is 10.9 Å². The standard InChI is InChI=1S/C20H17ClN6O3/c1-2-26-19(29)13-7-3-6-10-16(13)27-17(24-25-20(26)27)12-30-22-11-18(28)23-15-9-5-4-8-14(15)21/h3-11H,2,12H2,1H3,(H,23,28)/b22-11+. The van der Waals surface area contributed by atoms with Gasteiger partial charge in [-0.15, -0.1) is 10.2 Å². The number of anilines is 1. The molecular weight excluding hydrogens is 408 g/mol. The summed E-state index contributed by atoms with van der Waals surface area (Å²) in [6, 6.07) is 14.1. The van der Waals surface area contributed by atoms with Crippen molar-refractivity contribution in [3.63, 3.8) is 0 Å². The van der Waals surface area contributed by atoms with Gasteiger partial charge in [0.2, 0.25) is 5.78 Å². The van der Waals surface area contributed by atoms with Gasteiger partial charge in [0.15, 0.2) is 12.4 Å². The van der Waals surface area contributed by atoms with Crippen molar-refractivity contribution in [2.45, 2.75) is 20.1 Å². The molecule has 0 radical (unpaired) electrons. The predicted molar refractivity (Wildman–Crippen MR) is 114 cm³/mol. The molecule has 0 bridgehead atoms. The maximum atomic E-state index is 12.7. The van der Waals surface area contributed by atoms with Crippen LogP contribution in [0.1, 0.15) is 12.7 Å². The van der Waals surface area contributed by atoms with Gasteiger partial charge in [-0.2, -0.15) is 0 Å². The monoisotopic (exact) mass is 424 g/mol. The zero-order valence-corrected chi connectivity index (χ0v) is 16.7. The fraction of sp³-hybridized carbons (Fsp3) is 0.150. The summed E-state index contributed by atoms with van der Waals surface area (Å²) in [5.74, 6) is 0.381. The highest BCUT2D eigenvalue weighted by atomic mass is 35.5. The lowest BCUT2D eigenvalue weighted by Crippen LogP contribution is -2.22. The number of aryl methyl sites for hydroxylation is 1. The number of nitrogens with one attached hydrogen (secondary N) is 1. The smallest absolute Gasteiger partial charge is 0.270 e. The summed E-state index contributed by atoms with van der Waals surface area (Å²) < 4.78 is 3.29. The van der Waals surface area contributed by atoms with Crippen LogP contribution >= 0.6 is 11.6 Å². The van der Waals surface area contributed by atoms with Gasteiger partial charge in [0.1, 0.15) is 6.21 Å². The molecule has 30 heavy (non-hydrogen) atoms. The molecule has 2 aromatic heterocycles. The quantitative estimate of drug-likeness (QED) is 0.378. The number of carbonyl (C=O) groups excluding carboxylic acids is 1. The molecule has 0 saturated carbocycles. The van der Waals surface area contributed by atoms with Gasteiger partial charge in [0, 0.05) is 6.54 Å². The fourth-order valence-electron chi connectivity index (χ4n) is 3.10. The summed E-state index contributed by atoms with van der Waals surface area (Å²) >= 11 is 6.00. The molecule has 0 atom stereocenters. The summed E-state index contributed by atoms with van der Waals surface area (Å²) in [7, 11) is 0. The summed E-state index contributed by atoms with van der Waals surface area (Å²) in [4.78, 5) is 29.9. The van der Waals surface area contributed by atoms with E-state index in [1.165, 1.54) is 0 Å². The number of benzene rings is 2. The Labute approximate surface area is 175 Å². The summed E-state index contributed by atoms with van der Waals surface area (Å²) in [5.41, 5.74) is 1.02. The molecule has 10 heteroatoms. The Kier molecular flexibility index (Phi) is 5.44. The highest BCUT2D eigenvalue weighted by molar-refractivity contribution is 6.36. The number of aromatic nitrogens is 4. The van der Waals surface area contributed by atoms with Crippen molar-refractivity contribution in [3.05, 3.63) is 69.7 Å². The first-order chi connectivity index (χ1) is 14.6. The Morgan fingerprint density at radius 1 is 1.20 bits per heavy atom. The van der Waals surface area contributed by atoms with Crippen molar-refractivity contribution < 1.29 is 9.63 Å². The second-order valence-corrected chi connectivity index (χ2v) is 6.70. The maximum Gasteiger partial charge on any atom is 0.270 e. The van der Waals surface area contributed by atoms with E-state index in [-0.39, 0.29) is 12.2 Å². The molecule has 0 aliphatic carbocycles. The zero-order valence-electron chi connectivity index (χ0n) is 15.9. The molecule has 152 valence electrons. The van der Waals surface area contributed by atoms with Crippen LogP contribution in [0, 0.1) is 0 Å². The molecule has 0 spiro atoms. The Morgan fingerprint density at radius 3 is 2.77 bits per heavy atom. The molecule has 0 saturated heterocycles. The van der Waals surface area contributed by atoms with E-state index < -0.39 is 5.91 Å². The van der Waals surface area contributed by atoms with E-state index in [0.717, 1.165) is 6.21 Å². The van der Waals surface area contributed by atoms with E-state index >= 15 is 0 Å². The highest BCUT2D eigenvalue weighted by Crippen LogP contribution is 2.20. The Balaban J connectivity index is 1.54. The van der Waals surface area contributed by atoms with Crippen molar-refractivity contribution >= 4 is 46.1 Å². The van der Waals surface area contributed by atoms with Gasteiger partial charge in [0.25, 0.3) is 11.5 Å². The molecule has 2 heterocycles. The van der Waals surface area contributed by atoms with E-state index in [0.29, 0.717) is 39.8 Å². The third kappa shape index (κ3) is 3.62. The van der Waals surface area contributed by atoms with Crippen molar-refractivity contribution in [3.8, 4) is 0 Å². The van der Waals surface area contributed by atoms with Gasteiger partial charge in [-0.3, -0.25) is 18.6 Å². The number of oxime groups is 1. The van der Waals surface area contributed by atoms with Crippen LogP contribution in [0.3, 0.4) is 0 Å². The van der Waals surface area contributed by atoms with Crippen molar-refractivity contribution in [2.24, 2.45) is 5.16 Å². The minimum Gasteiger partial charge on any atom is -0.387 e. The average molecular weight is 425 g/mol. The first-order valence-corrected chi connectivity index (χ1v) is 9.54. The minimum absolute atomic E-state index is 0.0387. The predicted octanol–water partition coefficient (Wildman–Crippen LogP) is 2.86. The van der Waals surface area contributed by atoms with Gasteiger partial charge >= 0.3 is 0 Å². The second-order valence-electron chi connectivity index (χ2n) is 6.30. The van der Waals surface area contributed by atoms with Crippen LogP contribution in [-0.4, -0.2) is 31.3 Å². The van der Waals surface area contributed by atoms with E-state index in [2.05, 4.69) is 20.7 Å². The number of halogens is 1. The van der Waals surface area contributed by atoms with Crippen LogP contribution in [0.2, 0.25) is 5.02 Å². The van der Waals surface area contributed by atoms with Gasteiger partial charge < -0.3 is 10.2 Å². The summed E-state index contributed by atoms with van der Waals surface area (Å²) in [6.07, 6.45) is 1.01. The van der Waals surface area contributed by atoms with E-state index in [1.807, 2.05) is 19.1 Å². The Hall–Kier alpha value is -3.72. The topological polar surface area (TPSA) is 103 Å². The van der Waals surface area contributed by atoms with Gasteiger partial charge in [-0.1, -0.05) is 41.0 Å². The summed E-state index contributed by atoms with van der Waals surface area (Å²) in [6.45, 7) is 2.28. The molecular formula is C20H17ClN6O3. The second kappa shape index (κ2) is 8.34. The van der Waals surface area contributed by atoms with Gasteiger partial charge in [-0.25, -0.2) is 0 Å². The maximum absolute atomic E-state index is 12.7. The molecule has 1 amide bonds. The number of rotatable bonds is 6. The Morgan fingerprint density at radius 2 is 1.97 bits per heavy atom. The van der Waals surface area contributed by atoms with Crippen molar-refractivity contribution in [1.29, 1.82) is 0 Å². The molecule has 0 fully saturated rings. The van der Waals surface area contributed by atoms with Crippen LogP contribution in [0.15, 0.2) is 58.5 Å². The average Bonchev–Trinajstić information content (AvgIpc) is 3.17. The van der Waals surface area contributed by atoms with Crippen LogP contribution in [0.4, 0.5) is 5.69 Å². The minimum atomic E-state index is -0.487. The fourth-order valence-corrected chi connectivity index (χ4v) is 3.28.